The van der Waals surface area contributed by atoms with E-state index in [1.165, 1.54) is 0 Å². The van der Waals surface area contributed by atoms with E-state index < -0.39 is 16.1 Å². The molecule has 4 nitrogen and oxygen atoms in total. The first-order chi connectivity index (χ1) is 8.39. The molecule has 0 spiro atoms. The molecule has 2 atom stereocenters. The SMILES string of the molecule is C[C@@H](CNS(=O)(=O)Cc1ccccc1)C[C@@H](C)O. The van der Waals surface area contributed by atoms with Crippen LogP contribution in [0.1, 0.15) is 25.8 Å². The molecule has 0 aliphatic carbocycles. The van der Waals surface area contributed by atoms with E-state index in [1.54, 1.807) is 19.1 Å². The Kier molecular flexibility index (Phi) is 5.78. The summed E-state index contributed by atoms with van der Waals surface area (Å²) in [5, 5.41) is 9.21. The smallest absolute Gasteiger partial charge is 0.215 e. The van der Waals surface area contributed by atoms with Gasteiger partial charge >= 0.3 is 0 Å². The van der Waals surface area contributed by atoms with Crippen LogP contribution < -0.4 is 4.72 Å². The highest BCUT2D eigenvalue weighted by atomic mass is 32.2. The van der Waals surface area contributed by atoms with Crippen molar-refractivity contribution in [2.75, 3.05) is 6.54 Å². The Hall–Kier alpha value is -0.910. The third-order valence-corrected chi connectivity index (χ3v) is 3.91. The van der Waals surface area contributed by atoms with Crippen LogP contribution in [-0.4, -0.2) is 26.2 Å². The van der Waals surface area contributed by atoms with Gasteiger partial charge in [0.25, 0.3) is 0 Å². The van der Waals surface area contributed by atoms with Crippen molar-refractivity contribution in [2.24, 2.45) is 5.92 Å². The fraction of sp³-hybridized carbons (Fsp3) is 0.538. The Morgan fingerprint density at radius 3 is 2.39 bits per heavy atom. The predicted octanol–water partition coefficient (Wildman–Crippen LogP) is 1.51. The topological polar surface area (TPSA) is 66.4 Å². The van der Waals surface area contributed by atoms with E-state index in [-0.39, 0.29) is 11.7 Å². The fourth-order valence-corrected chi connectivity index (χ4v) is 3.05. The zero-order valence-corrected chi connectivity index (χ0v) is 11.7. The standard InChI is InChI=1S/C13H21NO3S/c1-11(8-12(2)15)9-14-18(16,17)10-13-6-4-3-5-7-13/h3-7,11-12,14-15H,8-10H2,1-2H3/t11-,12-/m1/s1. The van der Waals surface area contributed by atoms with E-state index in [0.717, 1.165) is 5.56 Å². The quantitative estimate of drug-likeness (QED) is 0.790. The second kappa shape index (κ2) is 6.87. The van der Waals surface area contributed by atoms with Crippen molar-refractivity contribution < 1.29 is 13.5 Å². The monoisotopic (exact) mass is 271 g/mol. The van der Waals surface area contributed by atoms with E-state index in [0.29, 0.717) is 13.0 Å². The van der Waals surface area contributed by atoms with E-state index in [4.69, 9.17) is 0 Å². The molecule has 0 amide bonds. The summed E-state index contributed by atoms with van der Waals surface area (Å²) in [5.74, 6) is 0.116. The molecule has 0 unspecified atom stereocenters. The van der Waals surface area contributed by atoms with Gasteiger partial charge in [0.05, 0.1) is 11.9 Å². The van der Waals surface area contributed by atoms with Crippen LogP contribution in [0.3, 0.4) is 0 Å². The summed E-state index contributed by atoms with van der Waals surface area (Å²) in [6.45, 7) is 3.98. The van der Waals surface area contributed by atoms with E-state index in [9.17, 15) is 13.5 Å². The summed E-state index contributed by atoms with van der Waals surface area (Å²) in [7, 11) is -3.30. The number of hydrogen-bond donors (Lipinski definition) is 2. The molecule has 5 heteroatoms. The van der Waals surface area contributed by atoms with Crippen molar-refractivity contribution in [3.8, 4) is 0 Å². The zero-order valence-electron chi connectivity index (χ0n) is 10.8. The zero-order chi connectivity index (χ0) is 13.6. The molecule has 0 bridgehead atoms. The number of hydrogen-bond acceptors (Lipinski definition) is 3. The van der Waals surface area contributed by atoms with Crippen molar-refractivity contribution in [2.45, 2.75) is 32.1 Å². The maximum Gasteiger partial charge on any atom is 0.215 e. The van der Waals surface area contributed by atoms with Gasteiger partial charge < -0.3 is 5.11 Å². The molecule has 2 N–H and O–H groups in total. The van der Waals surface area contributed by atoms with Crippen LogP contribution in [0.4, 0.5) is 0 Å². The lowest BCUT2D eigenvalue weighted by atomic mass is 10.1. The highest BCUT2D eigenvalue weighted by Gasteiger charge is 2.13. The highest BCUT2D eigenvalue weighted by Crippen LogP contribution is 2.07. The minimum atomic E-state index is -3.30. The van der Waals surface area contributed by atoms with Gasteiger partial charge in [-0.05, 0) is 24.8 Å². The van der Waals surface area contributed by atoms with Crippen molar-refractivity contribution in [1.82, 2.24) is 4.72 Å². The molecule has 102 valence electrons. The minimum Gasteiger partial charge on any atom is -0.393 e. The van der Waals surface area contributed by atoms with Gasteiger partial charge in [0.2, 0.25) is 10.0 Å². The Balaban J connectivity index is 2.46. The fourth-order valence-electron chi connectivity index (χ4n) is 1.78. The average Bonchev–Trinajstić information content (AvgIpc) is 2.26. The predicted molar refractivity (Wildman–Crippen MR) is 72.5 cm³/mol. The molecule has 1 rings (SSSR count). The van der Waals surface area contributed by atoms with Gasteiger partial charge in [-0.1, -0.05) is 37.3 Å². The third-order valence-electron chi connectivity index (χ3n) is 2.59. The first-order valence-corrected chi connectivity index (χ1v) is 7.73. The first kappa shape index (κ1) is 15.1. The minimum absolute atomic E-state index is 0.00472. The number of aliphatic hydroxyl groups excluding tert-OH is 1. The summed E-state index contributed by atoms with van der Waals surface area (Å²) < 4.78 is 26.2. The van der Waals surface area contributed by atoms with Crippen LogP contribution in [0.2, 0.25) is 0 Å². The molecule has 0 aliphatic heterocycles. The average molecular weight is 271 g/mol. The number of sulfonamides is 1. The second-order valence-corrected chi connectivity index (χ2v) is 6.59. The van der Waals surface area contributed by atoms with Crippen LogP contribution in [0.25, 0.3) is 0 Å². The summed E-state index contributed by atoms with van der Waals surface area (Å²) >= 11 is 0. The summed E-state index contributed by atoms with van der Waals surface area (Å²) in [5.41, 5.74) is 0.771. The van der Waals surface area contributed by atoms with Gasteiger partial charge in [-0.3, -0.25) is 0 Å². The molecular formula is C13H21NO3S. The number of nitrogens with one attached hydrogen (secondary N) is 1. The van der Waals surface area contributed by atoms with Gasteiger partial charge in [0.15, 0.2) is 0 Å². The molecule has 1 aromatic rings. The van der Waals surface area contributed by atoms with Crippen molar-refractivity contribution in [1.29, 1.82) is 0 Å². The maximum absolute atomic E-state index is 11.8. The normalized spacial score (nSPS) is 15.3. The van der Waals surface area contributed by atoms with Crippen LogP contribution in [0, 0.1) is 5.92 Å². The maximum atomic E-state index is 11.8. The Morgan fingerprint density at radius 1 is 1.22 bits per heavy atom. The van der Waals surface area contributed by atoms with Crippen molar-refractivity contribution >= 4 is 10.0 Å². The highest BCUT2D eigenvalue weighted by molar-refractivity contribution is 7.88. The van der Waals surface area contributed by atoms with E-state index in [2.05, 4.69) is 4.72 Å². The van der Waals surface area contributed by atoms with Gasteiger partial charge in [0.1, 0.15) is 0 Å². The third kappa shape index (κ3) is 6.14. The summed E-state index contributed by atoms with van der Waals surface area (Å²) in [6.07, 6.45) is 0.187. The van der Waals surface area contributed by atoms with E-state index >= 15 is 0 Å². The second-order valence-electron chi connectivity index (χ2n) is 4.78. The van der Waals surface area contributed by atoms with Crippen LogP contribution in [0.5, 0.6) is 0 Å². The molecule has 0 aromatic heterocycles. The Morgan fingerprint density at radius 2 is 1.83 bits per heavy atom. The lowest BCUT2D eigenvalue weighted by molar-refractivity contribution is 0.165. The van der Waals surface area contributed by atoms with Crippen LogP contribution >= 0.6 is 0 Å². The molecule has 0 saturated carbocycles. The van der Waals surface area contributed by atoms with Gasteiger partial charge in [-0.2, -0.15) is 0 Å². The van der Waals surface area contributed by atoms with Crippen LogP contribution in [0.15, 0.2) is 30.3 Å². The number of rotatable bonds is 7. The Bertz CT molecular complexity index is 443. The molecule has 0 heterocycles. The molecule has 0 aliphatic rings. The lowest BCUT2D eigenvalue weighted by Crippen LogP contribution is -2.30. The van der Waals surface area contributed by atoms with Crippen molar-refractivity contribution in [3.05, 3.63) is 35.9 Å². The van der Waals surface area contributed by atoms with Gasteiger partial charge in [0, 0.05) is 6.54 Å². The lowest BCUT2D eigenvalue weighted by Gasteiger charge is -2.14. The molecule has 0 saturated heterocycles. The first-order valence-electron chi connectivity index (χ1n) is 6.08. The van der Waals surface area contributed by atoms with Gasteiger partial charge in [-0.25, -0.2) is 13.1 Å². The number of benzene rings is 1. The van der Waals surface area contributed by atoms with Crippen molar-refractivity contribution in [3.63, 3.8) is 0 Å². The molecule has 18 heavy (non-hydrogen) atoms. The molecule has 1 aromatic carbocycles. The molecule has 0 fully saturated rings. The molecule has 0 radical (unpaired) electrons. The molecular weight excluding hydrogens is 250 g/mol. The summed E-state index contributed by atoms with van der Waals surface area (Å²) in [6, 6.07) is 9.08. The van der Waals surface area contributed by atoms with E-state index in [1.807, 2.05) is 25.1 Å². The Labute approximate surface area is 109 Å². The van der Waals surface area contributed by atoms with Gasteiger partial charge in [-0.15, -0.1) is 0 Å². The number of aliphatic hydroxyl groups is 1. The largest absolute Gasteiger partial charge is 0.393 e. The summed E-state index contributed by atoms with van der Waals surface area (Å²) in [4.78, 5) is 0. The van der Waals surface area contributed by atoms with Crippen LogP contribution in [-0.2, 0) is 15.8 Å².